The standard InChI is InChI=1S/C45H30N4.2C43H30N4/c1-45(2)40-21-19-33(26-38(40)39-27-37(46-3)20-22-41(39)45)32-13-8-14-34(25-32)42-47-43(35-17-15-28-9-4-6-11-30(28)23-35)49-44(48-42)36-18-16-29-10-5-7-12-31(29)24-36;1-43(2)38-23-21-31(26-36(38)37-27-33(44-3)22-24-39(37)43)30-17-12-18-32(25-30)41-45-40(29-15-8-5-9-16-29)46-42(47-41)35-20-11-10-19-34(35)28-13-6-4-7-14-28;1-43(2)38-23-21-33(26-36(38)37-27-35(44-3)22-24-39(37)43)32-15-10-16-34(25-32)42-46-40(30-13-8-5-9-14-30)45-41(47-42)31-19-17-29(18-20-31)28-11-6-4-7-12-28/h4-27H,1-2H3;2*4-27H,1-2H3. The van der Waals surface area contributed by atoms with Gasteiger partial charge < -0.3 is 0 Å². The number of fused-ring (bicyclic) bond motifs is 11. The second-order valence-corrected chi connectivity index (χ2v) is 38.1. The lowest BCUT2D eigenvalue weighted by atomic mass is 9.82. The Morgan fingerprint density at radius 3 is 0.706 bits per heavy atom. The van der Waals surface area contributed by atoms with Crippen molar-refractivity contribution in [1.29, 1.82) is 0 Å². The largest absolute Gasteiger partial charge is 0.238 e. The van der Waals surface area contributed by atoms with Crippen LogP contribution in [0.4, 0.5) is 17.1 Å². The molecule has 0 spiro atoms. The molecule has 0 N–H and O–H groups in total. The van der Waals surface area contributed by atoms with Crippen LogP contribution >= 0.6 is 0 Å². The van der Waals surface area contributed by atoms with Crippen LogP contribution in [0.1, 0.15) is 74.9 Å². The molecule has 0 aliphatic heterocycles. The first-order valence-electron chi connectivity index (χ1n) is 47.9. The molecule has 0 bridgehead atoms. The molecule has 0 fully saturated rings. The summed E-state index contributed by atoms with van der Waals surface area (Å²) < 4.78 is 0. The minimum atomic E-state index is -0.130. The summed E-state index contributed by atoms with van der Waals surface area (Å²) in [5.74, 6) is 5.66. The minimum absolute atomic E-state index is 0.125. The predicted octanol–water partition coefficient (Wildman–Crippen LogP) is 33.8. The monoisotopic (exact) mass is 1830 g/mol. The van der Waals surface area contributed by atoms with Crippen molar-refractivity contribution in [3.63, 3.8) is 0 Å². The zero-order valence-electron chi connectivity index (χ0n) is 79.4. The van der Waals surface area contributed by atoms with Crippen LogP contribution in [0, 0.1) is 19.7 Å². The number of hydrogen-bond donors (Lipinski definition) is 0. The van der Waals surface area contributed by atoms with Crippen LogP contribution < -0.4 is 0 Å². The molecule has 25 rings (SSSR count). The fraction of sp³-hybridized carbons (Fsp3) is 0.0687. The molecule has 12 nitrogen and oxygen atoms in total. The second-order valence-electron chi connectivity index (χ2n) is 38.1. The third-order valence-corrected chi connectivity index (χ3v) is 28.2. The molecule has 3 aliphatic rings. The maximum absolute atomic E-state index is 7.59. The van der Waals surface area contributed by atoms with E-state index in [1.807, 2.05) is 133 Å². The van der Waals surface area contributed by atoms with E-state index in [9.17, 15) is 0 Å². The summed E-state index contributed by atoms with van der Waals surface area (Å²) in [6, 6.07) is 151. The van der Waals surface area contributed by atoms with Gasteiger partial charge in [0.25, 0.3) is 0 Å². The molecule has 0 atom stereocenters. The van der Waals surface area contributed by atoms with Crippen molar-refractivity contribution >= 4 is 38.6 Å². The predicted molar refractivity (Wildman–Crippen MR) is 582 cm³/mol. The molecule has 12 heteroatoms. The van der Waals surface area contributed by atoms with Crippen LogP contribution in [0.2, 0.25) is 0 Å². The van der Waals surface area contributed by atoms with Gasteiger partial charge in [0, 0.05) is 66.3 Å². The Morgan fingerprint density at radius 2 is 0.364 bits per heavy atom. The lowest BCUT2D eigenvalue weighted by Gasteiger charge is -2.21. The van der Waals surface area contributed by atoms with Gasteiger partial charge in [-0.15, -0.1) is 0 Å². The normalized spacial score (nSPS) is 12.7. The second kappa shape index (κ2) is 36.6. The zero-order valence-corrected chi connectivity index (χ0v) is 79.4. The third-order valence-electron chi connectivity index (χ3n) is 28.2. The maximum Gasteiger partial charge on any atom is 0.187 e. The maximum atomic E-state index is 7.59. The smallest absolute Gasteiger partial charge is 0.187 e. The van der Waals surface area contributed by atoms with E-state index in [0.717, 1.165) is 128 Å². The van der Waals surface area contributed by atoms with Gasteiger partial charge in [0.1, 0.15) is 0 Å². The number of benzene rings is 19. The van der Waals surface area contributed by atoms with Gasteiger partial charge in [-0.1, -0.05) is 412 Å². The van der Waals surface area contributed by atoms with E-state index in [1.54, 1.807) is 0 Å². The van der Waals surface area contributed by atoms with E-state index >= 15 is 0 Å². The van der Waals surface area contributed by atoms with Crippen molar-refractivity contribution in [2.24, 2.45) is 0 Å². The summed E-state index contributed by atoms with van der Waals surface area (Å²) in [5.41, 5.74) is 35.6. The van der Waals surface area contributed by atoms with Crippen molar-refractivity contribution in [1.82, 2.24) is 44.9 Å². The van der Waals surface area contributed by atoms with Gasteiger partial charge in [0.2, 0.25) is 0 Å². The SMILES string of the molecule is [C-]#[N+]c1ccc2c(c1)-c1cc(-c3cccc(-c4nc(-c5ccc6ccccc6c5)nc(-c5ccc6ccccc6c5)n4)c3)ccc1C2(C)C.[C-]#[N+]c1ccc2c(c1)-c1cc(-c3cccc(-c4nc(-c5ccccc5)nc(-c5ccc(-c6ccccc6)cc5)n4)c3)ccc1C2(C)C.[C-]#[N+]c1ccc2c(c1)-c1cc(-c3cccc(-c4nc(-c5ccccc5)nc(-c5ccccc5-c5ccccc5)n4)c3)ccc1C2(C)C. The molecule has 674 valence electrons. The molecule has 0 saturated carbocycles. The van der Waals surface area contributed by atoms with Gasteiger partial charge >= 0.3 is 0 Å². The highest BCUT2D eigenvalue weighted by Gasteiger charge is 2.39. The van der Waals surface area contributed by atoms with Crippen molar-refractivity contribution in [3.05, 3.63) is 504 Å². The summed E-state index contributed by atoms with van der Waals surface area (Å²) in [5, 5.41) is 4.63. The highest BCUT2D eigenvalue weighted by atomic mass is 15.1. The van der Waals surface area contributed by atoms with Gasteiger partial charge in [-0.3, -0.25) is 0 Å². The third kappa shape index (κ3) is 16.8. The van der Waals surface area contributed by atoms with Crippen molar-refractivity contribution in [2.45, 2.75) is 57.8 Å². The van der Waals surface area contributed by atoms with Crippen LogP contribution in [0.3, 0.4) is 0 Å². The molecule has 0 saturated heterocycles. The van der Waals surface area contributed by atoms with E-state index in [4.69, 9.17) is 64.6 Å². The Bertz CT molecular complexity index is 8860. The molecular formula is C131H90N12. The number of rotatable bonds is 14. The highest BCUT2D eigenvalue weighted by Crippen LogP contribution is 2.55. The van der Waals surface area contributed by atoms with Gasteiger partial charge in [-0.2, -0.15) is 0 Å². The number of aromatic nitrogens is 9. The van der Waals surface area contributed by atoms with E-state index < -0.39 is 0 Å². The van der Waals surface area contributed by atoms with Gasteiger partial charge in [0.15, 0.2) is 69.5 Å². The lowest BCUT2D eigenvalue weighted by molar-refractivity contribution is 0.660. The Hall–Kier alpha value is -18.8. The first-order chi connectivity index (χ1) is 69.9. The number of hydrogen-bond acceptors (Lipinski definition) is 9. The fourth-order valence-electron chi connectivity index (χ4n) is 20.6. The minimum Gasteiger partial charge on any atom is -0.238 e. The molecule has 3 heterocycles. The van der Waals surface area contributed by atoms with Gasteiger partial charge in [0.05, 0.1) is 19.7 Å². The Labute approximate surface area is 831 Å². The summed E-state index contributed by atoms with van der Waals surface area (Å²) >= 11 is 0. The molecule has 143 heavy (non-hydrogen) atoms. The average Bonchev–Trinajstić information content (AvgIpc) is 1.58. The molecule has 0 radical (unpaired) electrons. The molecule has 22 aromatic rings. The van der Waals surface area contributed by atoms with Gasteiger partial charge in [-0.25, -0.2) is 59.4 Å². The van der Waals surface area contributed by atoms with Crippen LogP contribution in [0.25, 0.3) is 228 Å². The van der Waals surface area contributed by atoms with Crippen molar-refractivity contribution in [3.8, 4) is 192 Å². The molecule has 0 amide bonds. The van der Waals surface area contributed by atoms with Crippen LogP contribution in [0.5, 0.6) is 0 Å². The first-order valence-corrected chi connectivity index (χ1v) is 47.9. The molecule has 19 aromatic carbocycles. The average molecular weight is 1830 g/mol. The lowest BCUT2D eigenvalue weighted by Crippen LogP contribution is -2.14. The van der Waals surface area contributed by atoms with E-state index in [2.05, 4.69) is 359 Å². The summed E-state index contributed by atoms with van der Waals surface area (Å²) in [6.45, 7) is 36.3. The van der Waals surface area contributed by atoms with Crippen molar-refractivity contribution in [2.75, 3.05) is 0 Å². The Kier molecular flexibility index (Phi) is 22.6. The van der Waals surface area contributed by atoms with E-state index in [0.29, 0.717) is 69.5 Å². The summed E-state index contributed by atoms with van der Waals surface area (Å²) in [7, 11) is 0. The summed E-state index contributed by atoms with van der Waals surface area (Å²) in [6.07, 6.45) is 0. The van der Waals surface area contributed by atoms with E-state index in [1.165, 1.54) is 66.4 Å². The van der Waals surface area contributed by atoms with E-state index in [-0.39, 0.29) is 16.2 Å². The molecule has 0 unspecified atom stereocenters. The Morgan fingerprint density at radius 1 is 0.147 bits per heavy atom. The van der Waals surface area contributed by atoms with Crippen molar-refractivity contribution < 1.29 is 0 Å². The topological polar surface area (TPSA) is 129 Å². The molecule has 3 aliphatic carbocycles. The molecule has 3 aromatic heterocycles. The van der Waals surface area contributed by atoms with Gasteiger partial charge in [-0.05, 0) is 211 Å². The Balaban J connectivity index is 0.000000119. The molecular weight excluding hydrogens is 1740 g/mol. The highest BCUT2D eigenvalue weighted by molar-refractivity contribution is 5.94. The van der Waals surface area contributed by atoms with Crippen LogP contribution in [-0.4, -0.2) is 44.9 Å². The van der Waals surface area contributed by atoms with Crippen LogP contribution in [-0.2, 0) is 16.2 Å². The zero-order chi connectivity index (χ0) is 97.0. The van der Waals surface area contributed by atoms with Crippen LogP contribution in [0.15, 0.2) is 437 Å². The first kappa shape index (κ1) is 88.2. The number of nitrogens with zero attached hydrogens (tertiary/aromatic N) is 12. The quantitative estimate of drug-likeness (QED) is 0.0977. The summed E-state index contributed by atoms with van der Waals surface area (Å²) in [4.78, 5) is 56.3. The fourth-order valence-corrected chi connectivity index (χ4v) is 20.6.